The van der Waals surface area contributed by atoms with Crippen LogP contribution in [0.4, 0.5) is 10.5 Å². The van der Waals surface area contributed by atoms with E-state index in [1.165, 1.54) is 12.0 Å². The molecule has 0 atom stereocenters. The van der Waals surface area contributed by atoms with E-state index in [-0.39, 0.29) is 12.0 Å². The average molecular weight is 436 g/mol. The lowest BCUT2D eigenvalue weighted by Crippen LogP contribution is -2.49. The number of carbonyl (C=O) groups excluding carboxylic acids is 2. The minimum atomic E-state index is -0.374. The molecule has 1 aliphatic heterocycles. The standard InChI is InChI=1S/C21H23Cl2N3O3/c1-24(21(28)29-2)14-15-5-3-6-16(13-15)25-9-11-26(12-10-25)20(27)19-17(22)7-4-8-18(19)23/h3-8,13H,9-12,14H2,1-2H3. The van der Waals surface area contributed by atoms with Gasteiger partial charge in [0.05, 0.1) is 22.7 Å². The van der Waals surface area contributed by atoms with E-state index in [0.717, 1.165) is 11.3 Å². The number of methoxy groups -OCH3 is 1. The fourth-order valence-electron chi connectivity index (χ4n) is 3.37. The summed E-state index contributed by atoms with van der Waals surface area (Å²) in [7, 11) is 3.06. The lowest BCUT2D eigenvalue weighted by Gasteiger charge is -2.36. The quantitative estimate of drug-likeness (QED) is 0.723. The first-order valence-corrected chi connectivity index (χ1v) is 10.0. The Morgan fingerprint density at radius 1 is 1.03 bits per heavy atom. The third-order valence-corrected chi connectivity index (χ3v) is 5.56. The van der Waals surface area contributed by atoms with Crippen LogP contribution in [0.15, 0.2) is 42.5 Å². The zero-order chi connectivity index (χ0) is 21.0. The lowest BCUT2D eigenvalue weighted by molar-refractivity contribution is 0.0747. The van der Waals surface area contributed by atoms with Gasteiger partial charge in [0, 0.05) is 45.5 Å². The molecule has 0 radical (unpaired) electrons. The molecule has 2 amide bonds. The predicted octanol–water partition coefficient (Wildman–Crippen LogP) is 4.15. The Bertz CT molecular complexity index is 878. The summed E-state index contributed by atoms with van der Waals surface area (Å²) in [5, 5.41) is 0.736. The van der Waals surface area contributed by atoms with Crippen molar-refractivity contribution in [3.05, 3.63) is 63.6 Å². The predicted molar refractivity (Wildman–Crippen MR) is 115 cm³/mol. The smallest absolute Gasteiger partial charge is 0.409 e. The van der Waals surface area contributed by atoms with Crippen LogP contribution in [-0.4, -0.2) is 62.1 Å². The van der Waals surface area contributed by atoms with Gasteiger partial charge in [0.15, 0.2) is 0 Å². The van der Waals surface area contributed by atoms with Crippen molar-refractivity contribution < 1.29 is 14.3 Å². The van der Waals surface area contributed by atoms with Gasteiger partial charge in [-0.15, -0.1) is 0 Å². The molecule has 3 rings (SSSR count). The zero-order valence-corrected chi connectivity index (χ0v) is 17.9. The fourth-order valence-corrected chi connectivity index (χ4v) is 3.93. The summed E-state index contributed by atoms with van der Waals surface area (Å²) in [4.78, 5) is 30.0. The highest BCUT2D eigenvalue weighted by Gasteiger charge is 2.25. The van der Waals surface area contributed by atoms with Crippen molar-refractivity contribution in [2.75, 3.05) is 45.2 Å². The maximum Gasteiger partial charge on any atom is 0.409 e. The Morgan fingerprint density at radius 3 is 2.28 bits per heavy atom. The van der Waals surface area contributed by atoms with Gasteiger partial charge in [0.25, 0.3) is 5.91 Å². The van der Waals surface area contributed by atoms with E-state index >= 15 is 0 Å². The van der Waals surface area contributed by atoms with E-state index in [1.807, 2.05) is 18.2 Å². The van der Waals surface area contributed by atoms with E-state index in [4.69, 9.17) is 27.9 Å². The number of ether oxygens (including phenoxy) is 1. The van der Waals surface area contributed by atoms with Gasteiger partial charge in [-0.05, 0) is 29.8 Å². The number of hydrogen-bond donors (Lipinski definition) is 0. The molecule has 1 aliphatic rings. The molecule has 1 heterocycles. The first-order valence-electron chi connectivity index (χ1n) is 9.27. The van der Waals surface area contributed by atoms with Crippen LogP contribution in [0.3, 0.4) is 0 Å². The van der Waals surface area contributed by atoms with Crippen LogP contribution in [0.1, 0.15) is 15.9 Å². The summed E-state index contributed by atoms with van der Waals surface area (Å²) in [6.45, 7) is 3.01. The summed E-state index contributed by atoms with van der Waals surface area (Å²) in [5.41, 5.74) is 2.43. The molecule has 0 aromatic heterocycles. The number of amides is 2. The minimum Gasteiger partial charge on any atom is -0.453 e. The molecule has 0 saturated carbocycles. The average Bonchev–Trinajstić information content (AvgIpc) is 2.73. The molecule has 1 saturated heterocycles. The Kier molecular flexibility index (Phi) is 6.87. The molecule has 1 fully saturated rings. The Hall–Kier alpha value is -2.44. The summed E-state index contributed by atoms with van der Waals surface area (Å²) in [6, 6.07) is 13.1. The van der Waals surface area contributed by atoms with Crippen molar-refractivity contribution in [3.63, 3.8) is 0 Å². The molecule has 0 bridgehead atoms. The van der Waals surface area contributed by atoms with E-state index in [9.17, 15) is 9.59 Å². The van der Waals surface area contributed by atoms with Gasteiger partial charge < -0.3 is 19.4 Å². The van der Waals surface area contributed by atoms with Crippen molar-refractivity contribution in [1.82, 2.24) is 9.80 Å². The number of piperazine rings is 1. The Balaban J connectivity index is 1.64. The summed E-state index contributed by atoms with van der Waals surface area (Å²) < 4.78 is 4.74. The highest BCUT2D eigenvalue weighted by atomic mass is 35.5. The van der Waals surface area contributed by atoms with Gasteiger partial charge in [-0.2, -0.15) is 0 Å². The molecule has 0 aliphatic carbocycles. The van der Waals surface area contributed by atoms with E-state index in [0.29, 0.717) is 48.3 Å². The second kappa shape index (κ2) is 9.37. The van der Waals surface area contributed by atoms with Crippen molar-refractivity contribution in [2.24, 2.45) is 0 Å². The van der Waals surface area contributed by atoms with Gasteiger partial charge in [-0.3, -0.25) is 4.79 Å². The fraction of sp³-hybridized carbons (Fsp3) is 0.333. The largest absolute Gasteiger partial charge is 0.453 e. The summed E-state index contributed by atoms with van der Waals surface area (Å²) >= 11 is 12.4. The molecular weight excluding hydrogens is 413 g/mol. The van der Waals surface area contributed by atoms with Gasteiger partial charge in [0.1, 0.15) is 0 Å². The number of anilines is 1. The molecule has 154 valence electrons. The van der Waals surface area contributed by atoms with Crippen LogP contribution in [-0.2, 0) is 11.3 Å². The van der Waals surface area contributed by atoms with Crippen LogP contribution in [0.25, 0.3) is 0 Å². The van der Waals surface area contributed by atoms with Crippen molar-refractivity contribution in [2.45, 2.75) is 6.54 Å². The molecular formula is C21H23Cl2N3O3. The topological polar surface area (TPSA) is 53.1 Å². The molecule has 2 aromatic carbocycles. The maximum absolute atomic E-state index is 12.8. The van der Waals surface area contributed by atoms with E-state index in [2.05, 4.69) is 11.0 Å². The van der Waals surface area contributed by atoms with Crippen molar-refractivity contribution >= 4 is 40.9 Å². The van der Waals surface area contributed by atoms with Crippen LogP contribution in [0.2, 0.25) is 10.0 Å². The number of benzene rings is 2. The number of halogens is 2. The monoisotopic (exact) mass is 435 g/mol. The molecule has 0 spiro atoms. The third-order valence-electron chi connectivity index (χ3n) is 4.93. The molecule has 29 heavy (non-hydrogen) atoms. The molecule has 0 N–H and O–H groups in total. The van der Waals surface area contributed by atoms with Crippen molar-refractivity contribution in [3.8, 4) is 0 Å². The molecule has 0 unspecified atom stereocenters. The van der Waals surface area contributed by atoms with Gasteiger partial charge >= 0.3 is 6.09 Å². The maximum atomic E-state index is 12.8. The Morgan fingerprint density at radius 2 is 1.66 bits per heavy atom. The first kappa shape index (κ1) is 21.3. The van der Waals surface area contributed by atoms with Crippen LogP contribution < -0.4 is 4.90 Å². The second-order valence-electron chi connectivity index (χ2n) is 6.87. The van der Waals surface area contributed by atoms with Crippen molar-refractivity contribution in [1.29, 1.82) is 0 Å². The van der Waals surface area contributed by atoms with Gasteiger partial charge in [-0.1, -0.05) is 41.4 Å². The zero-order valence-electron chi connectivity index (χ0n) is 16.4. The Labute approximate surface area is 180 Å². The molecule has 6 nitrogen and oxygen atoms in total. The van der Waals surface area contributed by atoms with Gasteiger partial charge in [-0.25, -0.2) is 4.79 Å². The molecule has 2 aromatic rings. The summed E-state index contributed by atoms with van der Waals surface area (Å²) in [5.74, 6) is -0.145. The summed E-state index contributed by atoms with van der Waals surface area (Å²) in [6.07, 6.45) is -0.374. The van der Waals surface area contributed by atoms with E-state index < -0.39 is 0 Å². The number of carbonyl (C=O) groups is 2. The number of rotatable bonds is 4. The SMILES string of the molecule is COC(=O)N(C)Cc1cccc(N2CCN(C(=O)c3c(Cl)cccc3Cl)CC2)c1. The normalized spacial score (nSPS) is 13.9. The number of nitrogens with zero attached hydrogens (tertiary/aromatic N) is 3. The minimum absolute atomic E-state index is 0.145. The van der Waals surface area contributed by atoms with Crippen LogP contribution in [0.5, 0.6) is 0 Å². The third kappa shape index (κ3) is 4.95. The second-order valence-corrected chi connectivity index (χ2v) is 7.69. The van der Waals surface area contributed by atoms with Crippen LogP contribution in [0, 0.1) is 0 Å². The number of hydrogen-bond acceptors (Lipinski definition) is 4. The highest BCUT2D eigenvalue weighted by molar-refractivity contribution is 6.39. The highest BCUT2D eigenvalue weighted by Crippen LogP contribution is 2.27. The van der Waals surface area contributed by atoms with Gasteiger partial charge in [0.2, 0.25) is 0 Å². The molecule has 8 heteroatoms. The first-order chi connectivity index (χ1) is 13.9. The lowest BCUT2D eigenvalue weighted by atomic mass is 10.1. The van der Waals surface area contributed by atoms with E-state index in [1.54, 1.807) is 30.1 Å². The van der Waals surface area contributed by atoms with Crippen LogP contribution >= 0.6 is 23.2 Å².